The second kappa shape index (κ2) is 9.72. The molecule has 1 unspecified atom stereocenters. The lowest BCUT2D eigenvalue weighted by atomic mass is 9.94. The number of ketones is 1. The molecule has 1 saturated heterocycles. The van der Waals surface area contributed by atoms with E-state index < -0.39 is 17.7 Å². The summed E-state index contributed by atoms with van der Waals surface area (Å²) < 4.78 is 10.8. The van der Waals surface area contributed by atoms with Crippen molar-refractivity contribution in [2.75, 3.05) is 18.6 Å². The van der Waals surface area contributed by atoms with Gasteiger partial charge in [0.25, 0.3) is 11.7 Å². The van der Waals surface area contributed by atoms with Crippen molar-refractivity contribution < 1.29 is 29.3 Å². The summed E-state index contributed by atoms with van der Waals surface area (Å²) >= 11 is 6.16. The molecule has 1 atom stereocenters. The minimum atomic E-state index is -0.978. The van der Waals surface area contributed by atoms with Gasteiger partial charge in [0.05, 0.1) is 30.4 Å². The highest BCUT2D eigenvalue weighted by Gasteiger charge is 2.47. The fourth-order valence-electron chi connectivity index (χ4n) is 4.12. The van der Waals surface area contributed by atoms with Crippen LogP contribution in [0.3, 0.4) is 0 Å². The van der Waals surface area contributed by atoms with Crippen LogP contribution in [0.25, 0.3) is 5.76 Å². The van der Waals surface area contributed by atoms with Crippen LogP contribution in [0.4, 0.5) is 5.69 Å². The van der Waals surface area contributed by atoms with E-state index in [-0.39, 0.29) is 22.1 Å². The van der Waals surface area contributed by atoms with E-state index in [0.717, 1.165) is 5.56 Å². The van der Waals surface area contributed by atoms with Crippen LogP contribution in [0.2, 0.25) is 5.02 Å². The number of phenols is 1. The zero-order valence-corrected chi connectivity index (χ0v) is 20.2. The van der Waals surface area contributed by atoms with Gasteiger partial charge in [-0.05, 0) is 79.6 Å². The molecule has 1 aliphatic rings. The van der Waals surface area contributed by atoms with E-state index >= 15 is 0 Å². The van der Waals surface area contributed by atoms with Crippen molar-refractivity contribution in [3.63, 3.8) is 0 Å². The molecule has 1 amide bonds. The SMILES string of the molecule is CCOc1ccc(/C(O)=C2/C(=O)C(=O)N(c3ccc(OC)cc3)C2c2ccc(O)c(Cl)c2)cc1C. The van der Waals surface area contributed by atoms with Crippen LogP contribution in [0.15, 0.2) is 66.2 Å². The Labute approximate surface area is 207 Å². The Balaban J connectivity index is 1.91. The lowest BCUT2D eigenvalue weighted by Gasteiger charge is -2.26. The predicted molar refractivity (Wildman–Crippen MR) is 133 cm³/mol. The highest BCUT2D eigenvalue weighted by atomic mass is 35.5. The summed E-state index contributed by atoms with van der Waals surface area (Å²) in [6.07, 6.45) is 0. The molecule has 0 radical (unpaired) electrons. The summed E-state index contributed by atoms with van der Waals surface area (Å²) in [6, 6.07) is 15.1. The Morgan fingerprint density at radius 2 is 1.77 bits per heavy atom. The van der Waals surface area contributed by atoms with Gasteiger partial charge in [0.1, 0.15) is 23.0 Å². The predicted octanol–water partition coefficient (Wildman–Crippen LogP) is 5.39. The molecule has 3 aromatic rings. The number of phenolic OH excluding ortho intramolecular Hbond substituents is 1. The van der Waals surface area contributed by atoms with Gasteiger partial charge < -0.3 is 19.7 Å². The van der Waals surface area contributed by atoms with Gasteiger partial charge in [0.2, 0.25) is 0 Å². The van der Waals surface area contributed by atoms with E-state index in [1.54, 1.807) is 48.5 Å². The molecule has 180 valence electrons. The monoisotopic (exact) mass is 493 g/mol. The number of aromatic hydroxyl groups is 1. The van der Waals surface area contributed by atoms with Crippen molar-refractivity contribution in [2.24, 2.45) is 0 Å². The van der Waals surface area contributed by atoms with Gasteiger partial charge in [-0.3, -0.25) is 14.5 Å². The number of aliphatic hydroxyl groups excluding tert-OH is 1. The number of carbonyl (C=O) groups excluding carboxylic acids is 2. The number of methoxy groups -OCH3 is 1. The van der Waals surface area contributed by atoms with Gasteiger partial charge in [-0.15, -0.1) is 0 Å². The molecular weight excluding hydrogens is 470 g/mol. The van der Waals surface area contributed by atoms with Crippen molar-refractivity contribution in [3.8, 4) is 17.2 Å². The largest absolute Gasteiger partial charge is 0.507 e. The van der Waals surface area contributed by atoms with E-state index in [2.05, 4.69) is 0 Å². The maximum absolute atomic E-state index is 13.3. The van der Waals surface area contributed by atoms with Gasteiger partial charge in [0, 0.05) is 11.3 Å². The molecule has 3 aromatic carbocycles. The molecule has 7 nitrogen and oxygen atoms in total. The number of hydrogen-bond acceptors (Lipinski definition) is 6. The molecule has 2 N–H and O–H groups in total. The topological polar surface area (TPSA) is 96.3 Å². The maximum atomic E-state index is 13.3. The van der Waals surface area contributed by atoms with Crippen LogP contribution < -0.4 is 14.4 Å². The van der Waals surface area contributed by atoms with Crippen LogP contribution >= 0.6 is 11.6 Å². The Morgan fingerprint density at radius 3 is 2.37 bits per heavy atom. The smallest absolute Gasteiger partial charge is 0.300 e. The Morgan fingerprint density at radius 1 is 1.06 bits per heavy atom. The minimum Gasteiger partial charge on any atom is -0.507 e. The number of amides is 1. The average Bonchev–Trinajstić information content (AvgIpc) is 3.12. The first-order chi connectivity index (χ1) is 16.8. The number of Topliss-reactive ketones (excluding diaryl/α,β-unsaturated/α-hetero) is 1. The molecule has 0 aromatic heterocycles. The van der Waals surface area contributed by atoms with Gasteiger partial charge in [0.15, 0.2) is 0 Å². The first-order valence-corrected chi connectivity index (χ1v) is 11.3. The number of ether oxygens (including phenoxy) is 2. The Hall–Kier alpha value is -3.97. The lowest BCUT2D eigenvalue weighted by molar-refractivity contribution is -0.132. The molecule has 1 aliphatic heterocycles. The average molecular weight is 494 g/mol. The normalized spacial score (nSPS) is 17.0. The third-order valence-electron chi connectivity index (χ3n) is 5.83. The fourth-order valence-corrected chi connectivity index (χ4v) is 4.31. The third-order valence-corrected chi connectivity index (χ3v) is 6.13. The van der Waals surface area contributed by atoms with E-state index in [4.69, 9.17) is 21.1 Å². The second-order valence-corrected chi connectivity index (χ2v) is 8.40. The maximum Gasteiger partial charge on any atom is 0.300 e. The van der Waals surface area contributed by atoms with Gasteiger partial charge in [-0.2, -0.15) is 0 Å². The van der Waals surface area contributed by atoms with Crippen LogP contribution in [-0.2, 0) is 9.59 Å². The number of halogens is 1. The summed E-state index contributed by atoms with van der Waals surface area (Å²) in [7, 11) is 1.53. The number of benzene rings is 3. The number of aryl methyl sites for hydroxylation is 1. The summed E-state index contributed by atoms with van der Waals surface area (Å²) in [5.41, 5.74) is 1.94. The number of nitrogens with zero attached hydrogens (tertiary/aromatic N) is 1. The highest BCUT2D eigenvalue weighted by Crippen LogP contribution is 2.44. The first-order valence-electron chi connectivity index (χ1n) is 10.9. The highest BCUT2D eigenvalue weighted by molar-refractivity contribution is 6.51. The summed E-state index contributed by atoms with van der Waals surface area (Å²) in [5, 5.41) is 21.3. The Bertz CT molecular complexity index is 1330. The molecule has 0 saturated carbocycles. The van der Waals surface area contributed by atoms with Crippen LogP contribution in [0.5, 0.6) is 17.2 Å². The van der Waals surface area contributed by atoms with Crippen LogP contribution in [0, 0.1) is 6.92 Å². The molecule has 0 spiro atoms. The quantitative estimate of drug-likeness (QED) is 0.271. The zero-order chi connectivity index (χ0) is 25.3. The van der Waals surface area contributed by atoms with Crippen molar-refractivity contribution >= 4 is 34.7 Å². The van der Waals surface area contributed by atoms with E-state index in [9.17, 15) is 19.8 Å². The standard InChI is InChI=1S/C27H24ClNO6/c1-4-35-22-12-6-17(13-15(22)2)25(31)23-24(16-5-11-21(30)20(28)14-16)29(27(33)26(23)32)18-7-9-19(34-3)10-8-18/h5-14,24,30-31H,4H2,1-3H3/b25-23-. The van der Waals surface area contributed by atoms with Crippen LogP contribution in [-0.4, -0.2) is 35.6 Å². The van der Waals surface area contributed by atoms with Gasteiger partial charge in [-0.1, -0.05) is 17.7 Å². The van der Waals surface area contributed by atoms with Crippen molar-refractivity contribution in [1.82, 2.24) is 0 Å². The molecular formula is C27H24ClNO6. The fraction of sp³-hybridized carbons (Fsp3) is 0.185. The second-order valence-electron chi connectivity index (χ2n) is 7.99. The summed E-state index contributed by atoms with van der Waals surface area (Å²) in [5.74, 6) is -0.852. The number of aliphatic hydroxyl groups is 1. The molecule has 35 heavy (non-hydrogen) atoms. The van der Waals surface area contributed by atoms with Crippen molar-refractivity contribution in [2.45, 2.75) is 19.9 Å². The number of carbonyl (C=O) groups is 2. The minimum absolute atomic E-state index is 0.0553. The lowest BCUT2D eigenvalue weighted by Crippen LogP contribution is -2.29. The van der Waals surface area contributed by atoms with E-state index in [1.165, 1.54) is 24.1 Å². The molecule has 0 bridgehead atoms. The zero-order valence-electron chi connectivity index (χ0n) is 19.4. The number of rotatable bonds is 6. The van der Waals surface area contributed by atoms with Crippen molar-refractivity contribution in [1.29, 1.82) is 0 Å². The molecule has 8 heteroatoms. The first kappa shape index (κ1) is 24.2. The van der Waals surface area contributed by atoms with E-state index in [0.29, 0.717) is 34.9 Å². The molecule has 1 fully saturated rings. The summed E-state index contributed by atoms with van der Waals surface area (Å²) in [4.78, 5) is 27.8. The Kier molecular flexibility index (Phi) is 6.71. The molecule has 0 aliphatic carbocycles. The summed E-state index contributed by atoms with van der Waals surface area (Å²) in [6.45, 7) is 4.19. The number of anilines is 1. The van der Waals surface area contributed by atoms with E-state index in [1.807, 2.05) is 13.8 Å². The van der Waals surface area contributed by atoms with Crippen molar-refractivity contribution in [3.05, 3.63) is 87.9 Å². The number of hydrogen-bond donors (Lipinski definition) is 2. The third kappa shape index (κ3) is 4.42. The van der Waals surface area contributed by atoms with Gasteiger partial charge >= 0.3 is 0 Å². The molecule has 1 heterocycles. The molecule has 4 rings (SSSR count). The van der Waals surface area contributed by atoms with Gasteiger partial charge in [-0.25, -0.2) is 0 Å². The van der Waals surface area contributed by atoms with Crippen LogP contribution in [0.1, 0.15) is 29.7 Å².